The number of carbonyl (C=O) groups is 3. The van der Waals surface area contributed by atoms with E-state index in [1.807, 2.05) is 73.7 Å². The lowest BCUT2D eigenvalue weighted by Crippen LogP contribution is -2.33. The third kappa shape index (κ3) is 4.87. The Labute approximate surface area is 260 Å². The molecule has 2 aliphatic heterocycles. The molecule has 4 aromatic carbocycles. The van der Waals surface area contributed by atoms with Crippen LogP contribution in [0.15, 0.2) is 101 Å². The second-order valence-electron chi connectivity index (χ2n) is 10.7. The highest BCUT2D eigenvalue weighted by atomic mass is 35.5. The number of hydrogen-bond donors (Lipinski definition) is 1. The number of anilines is 2. The summed E-state index contributed by atoms with van der Waals surface area (Å²) in [5.74, 6) is -2.27. The maximum absolute atomic E-state index is 14.0. The third-order valence-electron chi connectivity index (χ3n) is 7.91. The Hall–Kier alpha value is -4.18. The number of fused-ring (bicyclic) bond motifs is 3. The van der Waals surface area contributed by atoms with Gasteiger partial charge in [0.2, 0.25) is 17.7 Å². The Kier molecular flexibility index (Phi) is 6.96. The normalized spacial score (nSPS) is 19.4. The molecular weight excluding hydrogens is 602 g/mol. The van der Waals surface area contributed by atoms with Gasteiger partial charge in [0.25, 0.3) is 0 Å². The Bertz CT molecular complexity index is 1980. The fraction of sp³-hybridized carbons (Fsp3) is 0.152. The molecule has 3 amide bonds. The number of carbonyl (C=O) groups excluding carboxylic acids is 3. The van der Waals surface area contributed by atoms with Gasteiger partial charge < -0.3 is 5.32 Å². The summed E-state index contributed by atoms with van der Waals surface area (Å²) in [5.41, 5.74) is 2.93. The van der Waals surface area contributed by atoms with Crippen LogP contribution in [-0.4, -0.2) is 27.5 Å². The van der Waals surface area contributed by atoms with Gasteiger partial charge in [-0.15, -0.1) is 0 Å². The van der Waals surface area contributed by atoms with E-state index in [1.165, 1.54) is 21.2 Å². The minimum absolute atomic E-state index is 0.223. The summed E-state index contributed by atoms with van der Waals surface area (Å²) in [7, 11) is 0. The number of aryl methyl sites for hydroxylation is 1. The molecule has 1 aromatic heterocycles. The molecule has 0 spiro atoms. The molecule has 43 heavy (non-hydrogen) atoms. The molecule has 7 rings (SSSR count). The SMILES string of the molecule is Cc1ccc(N2C(=O)[C@H]3[C@H](c4ccc(Cl)cc4)c4sc(=O)n(CC(=O)Nc5ccc6ccccc6c5)c4S[C@H]3C2=O)cc1. The van der Waals surface area contributed by atoms with E-state index in [4.69, 9.17) is 11.6 Å². The number of nitrogens with zero attached hydrogens (tertiary/aromatic N) is 2. The van der Waals surface area contributed by atoms with Crippen LogP contribution >= 0.6 is 34.7 Å². The van der Waals surface area contributed by atoms with Gasteiger partial charge in [-0.05, 0) is 59.7 Å². The van der Waals surface area contributed by atoms with Crippen LogP contribution in [0.25, 0.3) is 10.8 Å². The summed E-state index contributed by atoms with van der Waals surface area (Å²) < 4.78 is 1.42. The Balaban J connectivity index is 1.26. The number of rotatable bonds is 5. The zero-order valence-corrected chi connectivity index (χ0v) is 25.2. The van der Waals surface area contributed by atoms with Crippen molar-refractivity contribution in [2.75, 3.05) is 10.2 Å². The fourth-order valence-corrected chi connectivity index (χ4v) is 8.74. The van der Waals surface area contributed by atoms with Crippen molar-refractivity contribution in [3.63, 3.8) is 0 Å². The number of amides is 3. The zero-order valence-electron chi connectivity index (χ0n) is 22.8. The molecule has 0 radical (unpaired) electrons. The number of thioether (sulfide) groups is 1. The lowest BCUT2D eigenvalue weighted by Gasteiger charge is -2.30. The fourth-order valence-electron chi connectivity index (χ4n) is 5.84. The van der Waals surface area contributed by atoms with E-state index in [2.05, 4.69) is 5.32 Å². The van der Waals surface area contributed by atoms with Crippen LogP contribution < -0.4 is 15.1 Å². The van der Waals surface area contributed by atoms with E-state index in [9.17, 15) is 19.2 Å². The standard InChI is InChI=1S/C33H24ClN3O4S2/c1-18-6-14-24(15-7-18)37-30(39)27-26(20-8-11-22(34)12-9-20)29-32(42-28(27)31(37)40)36(33(41)43-29)17-25(38)35-23-13-10-19-4-2-3-5-21(19)16-23/h2-16,26-28H,17H2,1H3,(H,35,38)/t26-,27-,28+/m0/s1. The first-order valence-corrected chi connectivity index (χ1v) is 15.7. The highest BCUT2D eigenvalue weighted by Crippen LogP contribution is 2.54. The molecule has 10 heteroatoms. The van der Waals surface area contributed by atoms with Gasteiger partial charge >= 0.3 is 4.87 Å². The van der Waals surface area contributed by atoms with E-state index >= 15 is 0 Å². The first-order chi connectivity index (χ1) is 20.8. The molecule has 2 aliphatic rings. The topological polar surface area (TPSA) is 88.5 Å². The average molecular weight is 626 g/mol. The number of imide groups is 1. The van der Waals surface area contributed by atoms with Gasteiger partial charge in [-0.3, -0.25) is 23.7 Å². The predicted octanol–water partition coefficient (Wildman–Crippen LogP) is 6.46. The van der Waals surface area contributed by atoms with Gasteiger partial charge in [0.1, 0.15) is 11.8 Å². The van der Waals surface area contributed by atoms with E-state index in [0.29, 0.717) is 26.3 Å². The molecule has 0 bridgehead atoms. The van der Waals surface area contributed by atoms with E-state index in [-0.39, 0.29) is 29.1 Å². The number of aromatic nitrogens is 1. The Morgan fingerprint density at radius 1 is 0.884 bits per heavy atom. The van der Waals surface area contributed by atoms with Crippen molar-refractivity contribution in [3.05, 3.63) is 122 Å². The van der Waals surface area contributed by atoms with Gasteiger partial charge in [0, 0.05) is 21.5 Å². The summed E-state index contributed by atoms with van der Waals surface area (Å²) >= 11 is 8.40. The lowest BCUT2D eigenvalue weighted by atomic mass is 9.83. The molecular formula is C33H24ClN3O4S2. The van der Waals surface area contributed by atoms with Crippen molar-refractivity contribution in [2.45, 2.75) is 29.7 Å². The second kappa shape index (κ2) is 10.8. The first-order valence-electron chi connectivity index (χ1n) is 13.7. The van der Waals surface area contributed by atoms with Gasteiger partial charge in [0.15, 0.2) is 0 Å². The quantitative estimate of drug-likeness (QED) is 0.227. The Morgan fingerprint density at radius 3 is 2.35 bits per heavy atom. The molecule has 1 N–H and O–H groups in total. The maximum Gasteiger partial charge on any atom is 0.308 e. The summed E-state index contributed by atoms with van der Waals surface area (Å²) in [6, 6.07) is 27.9. The van der Waals surface area contributed by atoms with Crippen LogP contribution in [0.2, 0.25) is 5.02 Å². The lowest BCUT2D eigenvalue weighted by molar-refractivity contribution is -0.122. The molecule has 0 aliphatic carbocycles. The summed E-state index contributed by atoms with van der Waals surface area (Å²) in [4.78, 5) is 56.1. The monoisotopic (exact) mass is 625 g/mol. The third-order valence-corrected chi connectivity index (χ3v) is 10.8. The smallest absolute Gasteiger partial charge is 0.308 e. The minimum atomic E-state index is -0.759. The van der Waals surface area contributed by atoms with E-state index < -0.39 is 17.1 Å². The highest BCUT2D eigenvalue weighted by molar-refractivity contribution is 8.00. The second-order valence-corrected chi connectivity index (χ2v) is 13.2. The van der Waals surface area contributed by atoms with Crippen LogP contribution in [-0.2, 0) is 20.9 Å². The summed E-state index contributed by atoms with van der Waals surface area (Å²) in [6.07, 6.45) is 0. The summed E-state index contributed by atoms with van der Waals surface area (Å²) in [6.45, 7) is 1.72. The number of hydrogen-bond acceptors (Lipinski definition) is 6. The maximum atomic E-state index is 14.0. The van der Waals surface area contributed by atoms with Crippen molar-refractivity contribution in [3.8, 4) is 0 Å². The number of halogens is 1. The van der Waals surface area contributed by atoms with Gasteiger partial charge in [-0.25, -0.2) is 4.90 Å². The number of benzene rings is 4. The van der Waals surface area contributed by atoms with Crippen LogP contribution in [0.5, 0.6) is 0 Å². The van der Waals surface area contributed by atoms with Gasteiger partial charge in [-0.2, -0.15) is 0 Å². The largest absolute Gasteiger partial charge is 0.325 e. The van der Waals surface area contributed by atoms with Crippen molar-refractivity contribution in [2.24, 2.45) is 5.92 Å². The van der Waals surface area contributed by atoms with Gasteiger partial charge in [-0.1, -0.05) is 94.9 Å². The van der Waals surface area contributed by atoms with Crippen molar-refractivity contribution >= 4 is 74.6 Å². The molecule has 3 heterocycles. The average Bonchev–Trinajstić information content (AvgIpc) is 3.44. The van der Waals surface area contributed by atoms with E-state index in [1.54, 1.807) is 24.3 Å². The molecule has 7 nitrogen and oxygen atoms in total. The molecule has 0 unspecified atom stereocenters. The highest BCUT2D eigenvalue weighted by Gasteiger charge is 2.56. The van der Waals surface area contributed by atoms with Crippen LogP contribution in [0.4, 0.5) is 11.4 Å². The first kappa shape index (κ1) is 27.6. The van der Waals surface area contributed by atoms with Crippen molar-refractivity contribution < 1.29 is 14.4 Å². The summed E-state index contributed by atoms with van der Waals surface area (Å²) in [5, 5.41) is 5.26. The number of thiazole rings is 1. The molecule has 5 aromatic rings. The van der Waals surface area contributed by atoms with Crippen LogP contribution in [0.3, 0.4) is 0 Å². The molecule has 1 saturated heterocycles. The molecule has 1 fully saturated rings. The van der Waals surface area contributed by atoms with Crippen LogP contribution in [0.1, 0.15) is 21.9 Å². The predicted molar refractivity (Wildman–Crippen MR) is 171 cm³/mol. The van der Waals surface area contributed by atoms with Crippen LogP contribution in [0, 0.1) is 12.8 Å². The number of nitrogens with one attached hydrogen (secondary N) is 1. The Morgan fingerprint density at radius 2 is 1.60 bits per heavy atom. The molecule has 214 valence electrons. The molecule has 3 atom stereocenters. The van der Waals surface area contributed by atoms with Gasteiger partial charge in [0.05, 0.1) is 16.6 Å². The minimum Gasteiger partial charge on any atom is -0.325 e. The zero-order chi connectivity index (χ0) is 29.8. The van der Waals surface area contributed by atoms with E-state index in [0.717, 1.165) is 33.2 Å². The molecule has 0 saturated carbocycles. The van der Waals surface area contributed by atoms with Crippen molar-refractivity contribution in [1.29, 1.82) is 0 Å². The van der Waals surface area contributed by atoms with Crippen molar-refractivity contribution in [1.82, 2.24) is 4.57 Å².